The van der Waals surface area contributed by atoms with E-state index in [1.54, 1.807) is 6.20 Å². The molecular weight excluding hydrogens is 250 g/mol. The number of hydrogen-bond donors (Lipinski definition) is 2. The van der Waals surface area contributed by atoms with Gasteiger partial charge in [0.15, 0.2) is 0 Å². The highest BCUT2D eigenvalue weighted by Crippen LogP contribution is 2.32. The number of aromatic nitrogens is 1. The number of nitrogens with zero attached hydrogens (tertiary/aromatic N) is 3. The predicted octanol–water partition coefficient (Wildman–Crippen LogP) is 1.29. The van der Waals surface area contributed by atoms with E-state index in [2.05, 4.69) is 21.8 Å². The van der Waals surface area contributed by atoms with Crippen LogP contribution in [0, 0.1) is 11.3 Å². The van der Waals surface area contributed by atoms with E-state index in [1.165, 1.54) is 25.8 Å². The molecule has 5 heteroatoms. The third-order valence-corrected chi connectivity index (χ3v) is 4.78. The topological polar surface area (TPSA) is 69.2 Å². The Morgan fingerprint density at radius 1 is 1.40 bits per heavy atom. The summed E-state index contributed by atoms with van der Waals surface area (Å²) in [6, 6.07) is 2.56. The lowest BCUT2D eigenvalue weighted by atomic mass is 9.84. The molecule has 0 saturated carbocycles. The quantitative estimate of drug-likeness (QED) is 0.629. The van der Waals surface area contributed by atoms with E-state index >= 15 is 0 Å². The number of pyridine rings is 1. The van der Waals surface area contributed by atoms with Crippen LogP contribution >= 0.6 is 0 Å². The number of anilines is 1. The highest BCUT2D eigenvalue weighted by Gasteiger charge is 2.34. The molecule has 1 aromatic rings. The third kappa shape index (κ3) is 2.38. The molecule has 20 heavy (non-hydrogen) atoms. The molecule has 3 heterocycles. The van der Waals surface area contributed by atoms with Gasteiger partial charge in [-0.1, -0.05) is 0 Å². The highest BCUT2D eigenvalue weighted by atomic mass is 15.2. The molecule has 1 aromatic heterocycles. The summed E-state index contributed by atoms with van der Waals surface area (Å²) < 4.78 is 0. The van der Waals surface area contributed by atoms with E-state index < -0.39 is 0 Å². The van der Waals surface area contributed by atoms with Crippen molar-refractivity contribution in [2.24, 2.45) is 11.7 Å². The summed E-state index contributed by atoms with van der Waals surface area (Å²) >= 11 is 0. The Hall–Kier alpha value is -1.62. The number of rotatable bonds is 2. The zero-order chi connectivity index (χ0) is 14.1. The summed E-state index contributed by atoms with van der Waals surface area (Å²) in [6.07, 6.45) is 7.34. The van der Waals surface area contributed by atoms with Gasteiger partial charge in [-0.15, -0.1) is 0 Å². The molecule has 0 radical (unpaired) electrons. The van der Waals surface area contributed by atoms with Crippen LogP contribution in [-0.2, 0) is 0 Å². The van der Waals surface area contributed by atoms with Crippen LogP contribution in [-0.4, -0.2) is 48.4 Å². The standard InChI is InChI=1S/C15H23N5/c1-19-7-2-3-11-10-20(8-5-13(11)19)14-9-18-6-4-12(14)15(16)17/h4,6,9,11,13H,2-3,5,7-8,10H2,1H3,(H3,16,17). The van der Waals surface area contributed by atoms with Gasteiger partial charge in [0.05, 0.1) is 11.9 Å². The first-order valence-electron chi connectivity index (χ1n) is 7.40. The fourth-order valence-electron chi connectivity index (χ4n) is 3.74. The second kappa shape index (κ2) is 5.40. The summed E-state index contributed by atoms with van der Waals surface area (Å²) in [5.74, 6) is 0.854. The summed E-state index contributed by atoms with van der Waals surface area (Å²) in [5.41, 5.74) is 7.52. The normalized spacial score (nSPS) is 27.1. The summed E-state index contributed by atoms with van der Waals surface area (Å²) in [7, 11) is 2.25. The van der Waals surface area contributed by atoms with Crippen LogP contribution in [0.15, 0.2) is 18.5 Å². The number of amidine groups is 1. The monoisotopic (exact) mass is 273 g/mol. The first kappa shape index (κ1) is 13.4. The first-order chi connectivity index (χ1) is 9.66. The van der Waals surface area contributed by atoms with E-state index in [0.717, 1.165) is 36.3 Å². The second-order valence-corrected chi connectivity index (χ2v) is 5.99. The van der Waals surface area contributed by atoms with E-state index in [4.69, 9.17) is 11.1 Å². The Morgan fingerprint density at radius 3 is 3.05 bits per heavy atom. The Bertz CT molecular complexity index is 501. The van der Waals surface area contributed by atoms with Crippen LogP contribution in [0.3, 0.4) is 0 Å². The van der Waals surface area contributed by atoms with Crippen molar-refractivity contribution in [2.75, 3.05) is 31.6 Å². The zero-order valence-electron chi connectivity index (χ0n) is 12.0. The SMILES string of the molecule is CN1CCCC2CN(c3cnccc3C(=N)N)CCC21. The third-order valence-electron chi connectivity index (χ3n) is 4.78. The van der Waals surface area contributed by atoms with Gasteiger partial charge in [-0.2, -0.15) is 0 Å². The molecule has 3 rings (SSSR count). The molecule has 5 nitrogen and oxygen atoms in total. The molecule has 108 valence electrons. The molecule has 2 unspecified atom stereocenters. The van der Waals surface area contributed by atoms with Crippen molar-refractivity contribution in [2.45, 2.75) is 25.3 Å². The van der Waals surface area contributed by atoms with E-state index in [1.807, 2.05) is 12.3 Å². The molecule has 0 bridgehead atoms. The molecule has 2 fully saturated rings. The number of piperidine rings is 2. The fraction of sp³-hybridized carbons (Fsp3) is 0.600. The minimum Gasteiger partial charge on any atom is -0.384 e. The van der Waals surface area contributed by atoms with Gasteiger partial charge >= 0.3 is 0 Å². The number of nitrogens with two attached hydrogens (primary N) is 1. The Balaban J connectivity index is 1.81. The van der Waals surface area contributed by atoms with E-state index in [-0.39, 0.29) is 5.84 Å². The van der Waals surface area contributed by atoms with E-state index in [0.29, 0.717) is 0 Å². The fourth-order valence-corrected chi connectivity index (χ4v) is 3.74. The maximum Gasteiger partial charge on any atom is 0.125 e. The van der Waals surface area contributed by atoms with Crippen molar-refractivity contribution >= 4 is 11.5 Å². The molecule has 0 spiro atoms. The van der Waals surface area contributed by atoms with Gasteiger partial charge in [-0.3, -0.25) is 10.4 Å². The van der Waals surface area contributed by atoms with Crippen molar-refractivity contribution in [3.05, 3.63) is 24.0 Å². The average molecular weight is 273 g/mol. The van der Waals surface area contributed by atoms with Gasteiger partial charge in [0, 0.05) is 30.9 Å². The van der Waals surface area contributed by atoms with Gasteiger partial charge in [-0.05, 0) is 44.8 Å². The molecule has 0 aliphatic carbocycles. The minimum absolute atomic E-state index is 0.130. The number of likely N-dealkylation sites (tertiary alicyclic amines) is 1. The molecule has 3 N–H and O–H groups in total. The van der Waals surface area contributed by atoms with Gasteiger partial charge in [0.1, 0.15) is 5.84 Å². The predicted molar refractivity (Wildman–Crippen MR) is 81.2 cm³/mol. The molecule has 2 aliphatic heterocycles. The molecule has 0 aromatic carbocycles. The number of hydrogen-bond acceptors (Lipinski definition) is 4. The summed E-state index contributed by atoms with van der Waals surface area (Å²) in [6.45, 7) is 3.31. The molecular formula is C15H23N5. The van der Waals surface area contributed by atoms with Crippen LogP contribution < -0.4 is 10.6 Å². The van der Waals surface area contributed by atoms with Crippen molar-refractivity contribution in [3.8, 4) is 0 Å². The molecule has 2 aliphatic rings. The van der Waals surface area contributed by atoms with Crippen LogP contribution in [0.5, 0.6) is 0 Å². The largest absolute Gasteiger partial charge is 0.384 e. The number of fused-ring (bicyclic) bond motifs is 1. The summed E-state index contributed by atoms with van der Waals surface area (Å²) in [4.78, 5) is 9.10. The zero-order valence-corrected chi connectivity index (χ0v) is 12.0. The lowest BCUT2D eigenvalue weighted by molar-refractivity contribution is 0.102. The van der Waals surface area contributed by atoms with Crippen LogP contribution in [0.4, 0.5) is 5.69 Å². The van der Waals surface area contributed by atoms with E-state index in [9.17, 15) is 0 Å². The highest BCUT2D eigenvalue weighted by molar-refractivity contribution is 6.00. The van der Waals surface area contributed by atoms with Crippen LogP contribution in [0.2, 0.25) is 0 Å². The Labute approximate surface area is 120 Å². The van der Waals surface area contributed by atoms with Crippen LogP contribution in [0.1, 0.15) is 24.8 Å². The Kier molecular flexibility index (Phi) is 3.61. The number of nitrogens with one attached hydrogen (secondary N) is 1. The number of nitrogen functional groups attached to an aromatic ring is 1. The molecule has 2 saturated heterocycles. The van der Waals surface area contributed by atoms with Crippen LogP contribution in [0.25, 0.3) is 0 Å². The Morgan fingerprint density at radius 2 is 2.25 bits per heavy atom. The smallest absolute Gasteiger partial charge is 0.125 e. The van der Waals surface area contributed by atoms with Gasteiger partial charge in [0.25, 0.3) is 0 Å². The van der Waals surface area contributed by atoms with Crippen molar-refractivity contribution < 1.29 is 0 Å². The van der Waals surface area contributed by atoms with Crippen molar-refractivity contribution in [1.82, 2.24) is 9.88 Å². The van der Waals surface area contributed by atoms with Gasteiger partial charge in [0.2, 0.25) is 0 Å². The maximum atomic E-state index is 7.72. The lowest BCUT2D eigenvalue weighted by Crippen LogP contribution is -2.53. The first-order valence-corrected chi connectivity index (χ1v) is 7.40. The second-order valence-electron chi connectivity index (χ2n) is 5.99. The average Bonchev–Trinajstić information content (AvgIpc) is 2.47. The van der Waals surface area contributed by atoms with Gasteiger partial charge < -0.3 is 15.5 Å². The van der Waals surface area contributed by atoms with Crippen molar-refractivity contribution in [1.29, 1.82) is 5.41 Å². The molecule has 2 atom stereocenters. The maximum absolute atomic E-state index is 7.72. The lowest BCUT2D eigenvalue weighted by Gasteiger charge is -2.46. The minimum atomic E-state index is 0.130. The van der Waals surface area contributed by atoms with Crippen molar-refractivity contribution in [3.63, 3.8) is 0 Å². The van der Waals surface area contributed by atoms with Gasteiger partial charge in [-0.25, -0.2) is 0 Å². The summed E-state index contributed by atoms with van der Waals surface area (Å²) in [5, 5.41) is 7.72. The molecule has 0 amide bonds.